The van der Waals surface area contributed by atoms with E-state index in [0.29, 0.717) is 5.02 Å². The van der Waals surface area contributed by atoms with E-state index in [2.05, 4.69) is 33.1 Å². The Morgan fingerprint density at radius 1 is 1.50 bits per heavy atom. The quantitative estimate of drug-likeness (QED) is 0.868. The first-order valence-electron chi connectivity index (χ1n) is 6.72. The monoisotopic (exact) mass is 359 g/mol. The fraction of sp³-hybridized carbons (Fsp3) is 0.500. The Bertz CT molecular complexity index is 501. The molecule has 6 heteroatoms. The van der Waals surface area contributed by atoms with Gasteiger partial charge < -0.3 is 16.0 Å². The number of hydrogen-bond donors (Lipinski definition) is 2. The molecule has 4 nitrogen and oxygen atoms in total. The van der Waals surface area contributed by atoms with E-state index in [0.717, 1.165) is 42.6 Å². The zero-order chi connectivity index (χ0) is 14.8. The van der Waals surface area contributed by atoms with E-state index in [-0.39, 0.29) is 5.91 Å². The number of nitrogens with one attached hydrogen (secondary N) is 1. The summed E-state index contributed by atoms with van der Waals surface area (Å²) < 4.78 is 0.801. The van der Waals surface area contributed by atoms with Crippen molar-refractivity contribution >= 4 is 39.1 Å². The van der Waals surface area contributed by atoms with Crippen molar-refractivity contribution in [3.05, 3.63) is 27.7 Å². The molecule has 0 atom stereocenters. The number of benzene rings is 1. The molecular weight excluding hydrogens is 342 g/mol. The molecule has 0 radical (unpaired) electrons. The van der Waals surface area contributed by atoms with E-state index in [1.807, 2.05) is 12.1 Å². The van der Waals surface area contributed by atoms with E-state index in [4.69, 9.17) is 17.3 Å². The first-order chi connectivity index (χ1) is 9.47. The summed E-state index contributed by atoms with van der Waals surface area (Å²) in [5.74, 6) is -0.292. The minimum atomic E-state index is -0.668. The molecule has 1 aromatic carbocycles. The lowest BCUT2D eigenvalue weighted by molar-refractivity contribution is -0.123. The number of carbonyl (C=O) groups is 1. The van der Waals surface area contributed by atoms with Crippen LogP contribution in [0.1, 0.15) is 19.8 Å². The predicted octanol–water partition coefficient (Wildman–Crippen LogP) is 2.85. The van der Waals surface area contributed by atoms with Crippen LogP contribution < -0.4 is 11.1 Å². The third-order valence-electron chi connectivity index (χ3n) is 3.93. The Morgan fingerprint density at radius 2 is 2.15 bits per heavy atom. The number of nitrogens with zero attached hydrogens (tertiary/aromatic N) is 1. The molecule has 1 aliphatic heterocycles. The van der Waals surface area contributed by atoms with Gasteiger partial charge in [-0.25, -0.2) is 0 Å². The van der Waals surface area contributed by atoms with Crippen LogP contribution in [0.2, 0.25) is 5.02 Å². The lowest BCUT2D eigenvalue weighted by atomic mass is 9.86. The number of halogens is 2. The van der Waals surface area contributed by atoms with Gasteiger partial charge in [0.05, 0.1) is 5.02 Å². The molecule has 3 N–H and O–H groups in total. The summed E-state index contributed by atoms with van der Waals surface area (Å²) in [5.41, 5.74) is 5.83. The van der Waals surface area contributed by atoms with Crippen LogP contribution in [0.4, 0.5) is 5.69 Å². The first-order valence-corrected chi connectivity index (χ1v) is 7.89. The number of nitrogens with two attached hydrogens (primary N) is 1. The zero-order valence-corrected chi connectivity index (χ0v) is 13.8. The maximum absolute atomic E-state index is 11.9. The Hall–Kier alpha value is -0.780. The first kappa shape index (κ1) is 15.6. The average molecular weight is 361 g/mol. The summed E-state index contributed by atoms with van der Waals surface area (Å²) in [6.45, 7) is 4.88. The van der Waals surface area contributed by atoms with Crippen molar-refractivity contribution < 1.29 is 4.79 Å². The van der Waals surface area contributed by atoms with Gasteiger partial charge in [-0.3, -0.25) is 4.79 Å². The molecule has 1 heterocycles. The van der Waals surface area contributed by atoms with E-state index in [9.17, 15) is 4.79 Å². The van der Waals surface area contributed by atoms with Gasteiger partial charge in [0.25, 0.3) is 0 Å². The van der Waals surface area contributed by atoms with Gasteiger partial charge in [0.2, 0.25) is 5.91 Å². The number of rotatable bonds is 4. The third-order valence-corrected chi connectivity index (χ3v) is 5.15. The molecule has 1 amide bonds. The Kier molecular flexibility index (Phi) is 4.94. The lowest BCUT2D eigenvalue weighted by Crippen LogP contribution is -2.57. The standard InChI is InChI=1S/C14H19BrClN3O/c1-2-19-7-5-14(6-8-19,13(17)20)18-10-3-4-12(16)11(15)9-10/h3-4,9,18H,2,5-8H2,1H3,(H2,17,20). The molecule has 1 saturated heterocycles. The van der Waals surface area contributed by atoms with Crippen molar-refractivity contribution in [3.8, 4) is 0 Å². The van der Waals surface area contributed by atoms with Crippen molar-refractivity contribution in [3.63, 3.8) is 0 Å². The molecule has 0 unspecified atom stereocenters. The zero-order valence-electron chi connectivity index (χ0n) is 11.5. The molecule has 0 saturated carbocycles. The Labute approximate surface area is 132 Å². The highest BCUT2D eigenvalue weighted by Gasteiger charge is 2.39. The molecule has 0 aromatic heterocycles. The van der Waals surface area contributed by atoms with Crippen LogP contribution >= 0.6 is 27.5 Å². The summed E-state index contributed by atoms with van der Waals surface area (Å²) in [4.78, 5) is 14.3. The second-order valence-corrected chi connectivity index (χ2v) is 6.40. The fourth-order valence-electron chi connectivity index (χ4n) is 2.53. The van der Waals surface area contributed by atoms with Crippen LogP contribution in [0.3, 0.4) is 0 Å². The fourth-order valence-corrected chi connectivity index (χ4v) is 3.03. The van der Waals surface area contributed by atoms with Gasteiger partial charge in [-0.2, -0.15) is 0 Å². The van der Waals surface area contributed by atoms with E-state index >= 15 is 0 Å². The van der Waals surface area contributed by atoms with Gasteiger partial charge >= 0.3 is 0 Å². The van der Waals surface area contributed by atoms with Crippen molar-refractivity contribution in [2.75, 3.05) is 25.0 Å². The molecule has 1 aliphatic rings. The third kappa shape index (κ3) is 3.27. The van der Waals surface area contributed by atoms with Crippen molar-refractivity contribution in [1.29, 1.82) is 0 Å². The maximum atomic E-state index is 11.9. The second-order valence-electron chi connectivity index (χ2n) is 5.13. The summed E-state index contributed by atoms with van der Waals surface area (Å²) in [6.07, 6.45) is 1.44. The van der Waals surface area contributed by atoms with Crippen molar-refractivity contribution in [2.45, 2.75) is 25.3 Å². The van der Waals surface area contributed by atoms with Gasteiger partial charge in [-0.1, -0.05) is 18.5 Å². The molecule has 1 fully saturated rings. The minimum Gasteiger partial charge on any atom is -0.371 e. The number of anilines is 1. The number of carbonyl (C=O) groups excluding carboxylic acids is 1. The highest BCUT2D eigenvalue weighted by molar-refractivity contribution is 9.10. The number of piperidine rings is 1. The van der Waals surface area contributed by atoms with Gasteiger partial charge in [0, 0.05) is 23.2 Å². The van der Waals surface area contributed by atoms with Crippen molar-refractivity contribution in [1.82, 2.24) is 4.90 Å². The molecule has 2 rings (SSSR count). The lowest BCUT2D eigenvalue weighted by Gasteiger charge is -2.40. The molecule has 0 aliphatic carbocycles. The van der Waals surface area contributed by atoms with Gasteiger partial charge in [0.1, 0.15) is 5.54 Å². The van der Waals surface area contributed by atoms with Crippen molar-refractivity contribution in [2.24, 2.45) is 5.73 Å². The average Bonchev–Trinajstić information content (AvgIpc) is 2.43. The summed E-state index contributed by atoms with van der Waals surface area (Å²) in [5, 5.41) is 3.96. The van der Waals surface area contributed by atoms with Gasteiger partial charge in [-0.15, -0.1) is 0 Å². The van der Waals surface area contributed by atoms with Crippen LogP contribution in [0.5, 0.6) is 0 Å². The topological polar surface area (TPSA) is 58.4 Å². The summed E-state index contributed by atoms with van der Waals surface area (Å²) in [7, 11) is 0. The van der Waals surface area contributed by atoms with E-state index in [1.165, 1.54) is 0 Å². The summed E-state index contributed by atoms with van der Waals surface area (Å²) in [6, 6.07) is 5.53. The molecule has 0 spiro atoms. The van der Waals surface area contributed by atoms with Crippen LogP contribution in [-0.4, -0.2) is 36.0 Å². The smallest absolute Gasteiger partial charge is 0.243 e. The highest BCUT2D eigenvalue weighted by atomic mass is 79.9. The number of amides is 1. The minimum absolute atomic E-state index is 0.292. The molecule has 0 bridgehead atoms. The number of primary amides is 1. The summed E-state index contributed by atoms with van der Waals surface area (Å²) >= 11 is 9.38. The largest absolute Gasteiger partial charge is 0.371 e. The van der Waals surface area contributed by atoms with Crippen LogP contribution in [0, 0.1) is 0 Å². The highest BCUT2D eigenvalue weighted by Crippen LogP contribution is 2.30. The second kappa shape index (κ2) is 6.33. The Morgan fingerprint density at radius 3 is 2.65 bits per heavy atom. The Balaban J connectivity index is 2.17. The number of hydrogen-bond acceptors (Lipinski definition) is 3. The number of likely N-dealkylation sites (tertiary alicyclic amines) is 1. The molecule has 1 aromatic rings. The molecule has 20 heavy (non-hydrogen) atoms. The van der Waals surface area contributed by atoms with Gasteiger partial charge in [-0.05, 0) is 53.5 Å². The van der Waals surface area contributed by atoms with E-state index in [1.54, 1.807) is 6.07 Å². The maximum Gasteiger partial charge on any atom is 0.243 e. The van der Waals surface area contributed by atoms with E-state index < -0.39 is 5.54 Å². The van der Waals surface area contributed by atoms with Crippen LogP contribution in [0.15, 0.2) is 22.7 Å². The molecular formula is C14H19BrClN3O. The van der Waals surface area contributed by atoms with Crippen LogP contribution in [-0.2, 0) is 4.79 Å². The molecule has 110 valence electrons. The SMILES string of the molecule is CCN1CCC(Nc2ccc(Cl)c(Br)c2)(C(N)=O)CC1. The predicted molar refractivity (Wildman–Crippen MR) is 86.0 cm³/mol. The normalized spacial score (nSPS) is 18.8. The van der Waals surface area contributed by atoms with Crippen LogP contribution in [0.25, 0.3) is 0 Å². The van der Waals surface area contributed by atoms with Gasteiger partial charge in [0.15, 0.2) is 0 Å².